The van der Waals surface area contributed by atoms with Gasteiger partial charge in [-0.1, -0.05) is 56.3 Å². The highest BCUT2D eigenvalue weighted by Gasteiger charge is 2.25. The summed E-state index contributed by atoms with van der Waals surface area (Å²) in [6.07, 6.45) is 0.606. The first kappa shape index (κ1) is 23.6. The molecule has 2 heterocycles. The Labute approximate surface area is 199 Å². The Kier molecular flexibility index (Phi) is 7.03. The third kappa shape index (κ3) is 5.31. The quantitative estimate of drug-likeness (QED) is 0.545. The van der Waals surface area contributed by atoms with Crippen LogP contribution in [0.4, 0.5) is 5.69 Å². The first-order chi connectivity index (χ1) is 16.3. The van der Waals surface area contributed by atoms with Crippen molar-refractivity contribution in [1.29, 1.82) is 0 Å². The summed E-state index contributed by atoms with van der Waals surface area (Å²) in [5, 5.41) is 2.81. The molecule has 7 nitrogen and oxygen atoms in total. The summed E-state index contributed by atoms with van der Waals surface area (Å²) in [5.74, 6) is 0.192. The van der Waals surface area contributed by atoms with E-state index in [2.05, 4.69) is 22.3 Å². The van der Waals surface area contributed by atoms with E-state index >= 15 is 0 Å². The Morgan fingerprint density at radius 1 is 1.09 bits per heavy atom. The van der Waals surface area contributed by atoms with E-state index in [0.717, 1.165) is 18.8 Å². The van der Waals surface area contributed by atoms with Crippen molar-refractivity contribution in [1.82, 2.24) is 14.5 Å². The molecule has 176 valence electrons. The number of carbonyl (C=O) groups excluding carboxylic acids is 2. The summed E-state index contributed by atoms with van der Waals surface area (Å²) in [7, 11) is 0. The van der Waals surface area contributed by atoms with Crippen molar-refractivity contribution in [2.45, 2.75) is 52.7 Å². The van der Waals surface area contributed by atoms with Crippen LogP contribution < -0.4 is 10.9 Å². The van der Waals surface area contributed by atoms with E-state index in [1.54, 1.807) is 24.3 Å². The van der Waals surface area contributed by atoms with Gasteiger partial charge in [0.25, 0.3) is 5.56 Å². The van der Waals surface area contributed by atoms with E-state index in [1.165, 1.54) is 17.1 Å². The maximum absolute atomic E-state index is 13.4. The van der Waals surface area contributed by atoms with Crippen LogP contribution in [0.15, 0.2) is 59.4 Å². The van der Waals surface area contributed by atoms with Gasteiger partial charge in [-0.3, -0.25) is 23.9 Å². The predicted molar refractivity (Wildman–Crippen MR) is 132 cm³/mol. The summed E-state index contributed by atoms with van der Waals surface area (Å²) in [5.41, 5.74) is 3.64. The van der Waals surface area contributed by atoms with Gasteiger partial charge in [0.1, 0.15) is 12.4 Å². The fourth-order valence-electron chi connectivity index (χ4n) is 4.33. The fraction of sp³-hybridized carbons (Fsp3) is 0.333. The highest BCUT2D eigenvalue weighted by Crippen LogP contribution is 2.20. The van der Waals surface area contributed by atoms with Crippen LogP contribution >= 0.6 is 0 Å². The minimum atomic E-state index is -0.326. The smallest absolute Gasteiger partial charge is 0.257 e. The molecule has 1 N–H and O–H groups in total. The Balaban J connectivity index is 1.56. The van der Waals surface area contributed by atoms with Crippen molar-refractivity contribution in [2.75, 3.05) is 11.9 Å². The number of hydrogen-bond acceptors (Lipinski definition) is 5. The topological polar surface area (TPSA) is 84.3 Å². The largest absolute Gasteiger partial charge is 0.325 e. The molecule has 0 aliphatic carbocycles. The van der Waals surface area contributed by atoms with E-state index in [9.17, 15) is 14.4 Å². The molecule has 0 saturated carbocycles. The average Bonchev–Trinajstić information content (AvgIpc) is 2.81. The van der Waals surface area contributed by atoms with Crippen LogP contribution in [0, 0.1) is 0 Å². The van der Waals surface area contributed by atoms with Crippen LogP contribution in [0.1, 0.15) is 59.7 Å². The second kappa shape index (κ2) is 10.1. The van der Waals surface area contributed by atoms with Crippen LogP contribution in [0.5, 0.6) is 0 Å². The molecule has 0 bridgehead atoms. The molecule has 4 rings (SSSR count). The SMILES string of the molecule is CC(=O)c1cccc(NC(=O)Cn2c(C(C)C)nc3c(c2=O)CCN(Cc2ccccc2)C3)c1. The number of Topliss-reactive ketones (excluding diaryl/α,β-unsaturated/α-hetero) is 1. The molecule has 34 heavy (non-hydrogen) atoms. The van der Waals surface area contributed by atoms with Crippen molar-refractivity contribution in [3.63, 3.8) is 0 Å². The number of amides is 1. The maximum Gasteiger partial charge on any atom is 0.257 e. The molecule has 0 unspecified atom stereocenters. The molecule has 7 heteroatoms. The zero-order chi connectivity index (χ0) is 24.2. The van der Waals surface area contributed by atoms with Crippen LogP contribution in [-0.4, -0.2) is 32.7 Å². The standard InChI is InChI=1S/C27H30N4O3/c1-18(2)26-29-24-16-30(15-20-8-5-4-6-9-20)13-12-23(24)27(34)31(26)17-25(33)28-22-11-7-10-21(14-22)19(3)32/h4-11,14,18H,12-13,15-17H2,1-3H3,(H,28,33). The summed E-state index contributed by atoms with van der Waals surface area (Å²) in [4.78, 5) is 45.0. The lowest BCUT2D eigenvalue weighted by atomic mass is 10.0. The summed E-state index contributed by atoms with van der Waals surface area (Å²) in [6.45, 7) is 7.50. The van der Waals surface area contributed by atoms with Gasteiger partial charge in [0.2, 0.25) is 5.91 Å². The lowest BCUT2D eigenvalue weighted by molar-refractivity contribution is -0.116. The monoisotopic (exact) mass is 458 g/mol. The number of anilines is 1. The Morgan fingerprint density at radius 3 is 2.56 bits per heavy atom. The number of nitrogens with one attached hydrogen (secondary N) is 1. The molecular weight excluding hydrogens is 428 g/mol. The molecule has 0 spiro atoms. The Morgan fingerprint density at radius 2 is 1.85 bits per heavy atom. The van der Waals surface area contributed by atoms with Crippen molar-refractivity contribution >= 4 is 17.4 Å². The third-order valence-corrected chi connectivity index (χ3v) is 6.05. The lowest BCUT2D eigenvalue weighted by Crippen LogP contribution is -2.40. The van der Waals surface area contributed by atoms with Crippen molar-refractivity contribution in [3.8, 4) is 0 Å². The molecule has 1 aliphatic rings. The van der Waals surface area contributed by atoms with Gasteiger partial charge in [0.15, 0.2) is 5.78 Å². The first-order valence-electron chi connectivity index (χ1n) is 11.6. The number of aromatic nitrogens is 2. The van der Waals surface area contributed by atoms with E-state index in [0.29, 0.717) is 35.6 Å². The number of ketones is 1. The number of hydrogen-bond donors (Lipinski definition) is 1. The van der Waals surface area contributed by atoms with Crippen molar-refractivity contribution in [3.05, 3.63) is 93.2 Å². The third-order valence-electron chi connectivity index (χ3n) is 6.05. The second-order valence-electron chi connectivity index (χ2n) is 9.07. The zero-order valence-electron chi connectivity index (χ0n) is 19.9. The molecule has 0 atom stereocenters. The van der Waals surface area contributed by atoms with E-state index in [-0.39, 0.29) is 29.7 Å². The van der Waals surface area contributed by atoms with Crippen LogP contribution in [-0.2, 0) is 30.8 Å². The van der Waals surface area contributed by atoms with Crippen LogP contribution in [0.25, 0.3) is 0 Å². The highest BCUT2D eigenvalue weighted by molar-refractivity contribution is 5.97. The van der Waals surface area contributed by atoms with Gasteiger partial charge in [0, 0.05) is 42.4 Å². The van der Waals surface area contributed by atoms with Crippen molar-refractivity contribution < 1.29 is 9.59 Å². The lowest BCUT2D eigenvalue weighted by Gasteiger charge is -2.29. The van der Waals surface area contributed by atoms with Gasteiger partial charge in [0.05, 0.1) is 5.69 Å². The van der Waals surface area contributed by atoms with Gasteiger partial charge >= 0.3 is 0 Å². The number of fused-ring (bicyclic) bond motifs is 1. The molecule has 3 aromatic rings. The maximum atomic E-state index is 13.4. The van der Waals surface area contributed by atoms with E-state index < -0.39 is 0 Å². The predicted octanol–water partition coefficient (Wildman–Crippen LogP) is 3.77. The molecule has 0 saturated heterocycles. The van der Waals surface area contributed by atoms with Gasteiger partial charge < -0.3 is 5.32 Å². The molecule has 0 radical (unpaired) electrons. The van der Waals surface area contributed by atoms with Gasteiger partial charge in [-0.05, 0) is 31.0 Å². The number of nitrogens with zero attached hydrogens (tertiary/aromatic N) is 3. The molecule has 2 aromatic carbocycles. The summed E-state index contributed by atoms with van der Waals surface area (Å²) in [6, 6.07) is 17.1. The number of benzene rings is 2. The second-order valence-corrected chi connectivity index (χ2v) is 9.07. The van der Waals surface area contributed by atoms with Crippen molar-refractivity contribution in [2.24, 2.45) is 0 Å². The molecule has 1 amide bonds. The summed E-state index contributed by atoms with van der Waals surface area (Å²) < 4.78 is 1.50. The van der Waals surface area contributed by atoms with Crippen LogP contribution in [0.2, 0.25) is 0 Å². The fourth-order valence-corrected chi connectivity index (χ4v) is 4.33. The number of rotatable bonds is 7. The first-order valence-corrected chi connectivity index (χ1v) is 11.6. The van der Waals surface area contributed by atoms with Gasteiger partial charge in [-0.15, -0.1) is 0 Å². The minimum Gasteiger partial charge on any atom is -0.325 e. The molecule has 0 fully saturated rings. The molecule has 1 aliphatic heterocycles. The van der Waals surface area contributed by atoms with Crippen LogP contribution in [0.3, 0.4) is 0 Å². The number of carbonyl (C=O) groups is 2. The normalized spacial score (nSPS) is 13.5. The summed E-state index contributed by atoms with van der Waals surface area (Å²) >= 11 is 0. The average molecular weight is 459 g/mol. The Hall–Kier alpha value is -3.58. The molecular formula is C27H30N4O3. The zero-order valence-corrected chi connectivity index (χ0v) is 19.9. The van der Waals surface area contributed by atoms with Gasteiger partial charge in [-0.2, -0.15) is 0 Å². The highest BCUT2D eigenvalue weighted by atomic mass is 16.2. The molecule has 1 aromatic heterocycles. The van der Waals surface area contributed by atoms with E-state index in [4.69, 9.17) is 4.98 Å². The van der Waals surface area contributed by atoms with E-state index in [1.807, 2.05) is 32.0 Å². The van der Waals surface area contributed by atoms with Gasteiger partial charge in [-0.25, -0.2) is 4.98 Å². The Bertz CT molecular complexity index is 1260. The minimum absolute atomic E-state index is 0.0173.